The molecule has 6 N–H and O–H groups in total. The number of aryl methyl sites for hydroxylation is 2. The molecule has 2 aromatic carbocycles. The predicted octanol–water partition coefficient (Wildman–Crippen LogP) is 1.73. The van der Waals surface area contributed by atoms with Gasteiger partial charge in [0.25, 0.3) is 11.8 Å². The van der Waals surface area contributed by atoms with Crippen molar-refractivity contribution in [3.05, 3.63) is 65.4 Å². The van der Waals surface area contributed by atoms with Crippen LogP contribution in [0.15, 0.2) is 48.5 Å². The zero-order valence-electron chi connectivity index (χ0n) is 22.1. The summed E-state index contributed by atoms with van der Waals surface area (Å²) in [6.45, 7) is 5.14. The smallest absolute Gasteiger partial charge is 0.305 e. The molecule has 0 spiro atoms. The first-order valence-corrected chi connectivity index (χ1v) is 12.3. The zero-order valence-corrected chi connectivity index (χ0v) is 22.1. The van der Waals surface area contributed by atoms with E-state index in [0.29, 0.717) is 11.3 Å². The van der Waals surface area contributed by atoms with E-state index in [1.165, 1.54) is 24.3 Å². The van der Waals surface area contributed by atoms with Gasteiger partial charge in [-0.3, -0.25) is 24.0 Å². The lowest BCUT2D eigenvalue weighted by Crippen LogP contribution is -2.55. The molecule has 2 amide bonds. The van der Waals surface area contributed by atoms with E-state index in [1.54, 1.807) is 32.4 Å². The lowest BCUT2D eigenvalue weighted by atomic mass is 9.91. The van der Waals surface area contributed by atoms with Crippen molar-refractivity contribution in [2.75, 3.05) is 0 Å². The first-order chi connectivity index (χ1) is 18.3. The number of nitrogens with two attached hydrogens (primary N) is 2. The summed E-state index contributed by atoms with van der Waals surface area (Å²) in [6, 6.07) is 10.4. The highest BCUT2D eigenvalue weighted by atomic mass is 16.5. The van der Waals surface area contributed by atoms with E-state index in [4.69, 9.17) is 21.3 Å². The molecule has 11 heteroatoms. The summed E-state index contributed by atoms with van der Waals surface area (Å²) in [4.78, 5) is 63.7. The fourth-order valence-electron chi connectivity index (χ4n) is 4.48. The van der Waals surface area contributed by atoms with Gasteiger partial charge in [0.1, 0.15) is 11.4 Å². The third-order valence-corrected chi connectivity index (χ3v) is 6.51. The SMILES string of the molecule is Cc1c(C(=O)N[C@H](C(=O)C(Oc2ccccc2C(N)=O)C(=O)C(N)CC(=O)O)C(C)C)n(C)c2ccccc12. The van der Waals surface area contributed by atoms with Gasteiger partial charge in [-0.05, 0) is 36.6 Å². The Morgan fingerprint density at radius 3 is 2.21 bits per heavy atom. The number of aliphatic carboxylic acids is 1. The van der Waals surface area contributed by atoms with Crippen LogP contribution in [0.2, 0.25) is 0 Å². The molecule has 0 bridgehead atoms. The predicted molar refractivity (Wildman–Crippen MR) is 143 cm³/mol. The lowest BCUT2D eigenvalue weighted by molar-refractivity contribution is -0.143. The van der Waals surface area contributed by atoms with Gasteiger partial charge in [-0.15, -0.1) is 0 Å². The highest BCUT2D eigenvalue weighted by molar-refractivity contribution is 6.12. The Morgan fingerprint density at radius 1 is 1.00 bits per heavy atom. The summed E-state index contributed by atoms with van der Waals surface area (Å²) in [5.74, 6) is -5.27. The van der Waals surface area contributed by atoms with Gasteiger partial charge in [-0.2, -0.15) is 0 Å². The molecule has 39 heavy (non-hydrogen) atoms. The van der Waals surface area contributed by atoms with Gasteiger partial charge in [0.05, 0.1) is 24.1 Å². The maximum absolute atomic E-state index is 13.8. The molecule has 11 nitrogen and oxygen atoms in total. The van der Waals surface area contributed by atoms with Crippen molar-refractivity contribution >= 4 is 40.3 Å². The summed E-state index contributed by atoms with van der Waals surface area (Å²) < 4.78 is 7.43. The van der Waals surface area contributed by atoms with Crippen LogP contribution >= 0.6 is 0 Å². The molecule has 206 valence electrons. The summed E-state index contributed by atoms with van der Waals surface area (Å²) in [7, 11) is 1.73. The number of aromatic nitrogens is 1. The Balaban J connectivity index is 2.01. The number of carbonyl (C=O) groups is 5. The van der Waals surface area contributed by atoms with Gasteiger partial charge in [-0.1, -0.05) is 44.2 Å². The van der Waals surface area contributed by atoms with Crippen LogP contribution in [0, 0.1) is 12.8 Å². The van der Waals surface area contributed by atoms with Crippen LogP contribution < -0.4 is 21.5 Å². The normalized spacial score (nSPS) is 13.5. The third-order valence-electron chi connectivity index (χ3n) is 6.51. The minimum absolute atomic E-state index is 0.0915. The highest BCUT2D eigenvalue weighted by Gasteiger charge is 2.40. The number of carbonyl (C=O) groups excluding carboxylic acids is 4. The molecule has 0 aliphatic heterocycles. The van der Waals surface area contributed by atoms with Crippen LogP contribution in [0.25, 0.3) is 10.9 Å². The number of nitrogens with one attached hydrogen (secondary N) is 1. The zero-order chi connectivity index (χ0) is 29.0. The Hall–Kier alpha value is -4.51. The van der Waals surface area contributed by atoms with Crippen molar-refractivity contribution in [3.8, 4) is 5.75 Å². The molecule has 2 unspecified atom stereocenters. The van der Waals surface area contributed by atoms with Crippen LogP contribution in [0.1, 0.15) is 46.7 Å². The second-order valence-electron chi connectivity index (χ2n) is 9.61. The fourth-order valence-corrected chi connectivity index (χ4v) is 4.48. The Labute approximate surface area is 225 Å². The monoisotopic (exact) mass is 536 g/mol. The van der Waals surface area contributed by atoms with Crippen LogP contribution in [-0.4, -0.2) is 57.2 Å². The van der Waals surface area contributed by atoms with Crippen LogP contribution in [0.4, 0.5) is 0 Å². The molecule has 1 aromatic heterocycles. The van der Waals surface area contributed by atoms with Crippen LogP contribution in [0.3, 0.4) is 0 Å². The standard InChI is InChI=1S/C28H32N4O7/c1-14(2)22(31-28(38)23-15(3)16-9-5-7-11-19(16)32(23)4)25(36)26(24(35)18(29)13-21(33)34)39-20-12-8-6-10-17(20)27(30)37/h5-12,14,18,22,26H,13,29H2,1-4H3,(H2,30,37)(H,31,38)(H,33,34)/t18?,22-,26?/m0/s1. The number of para-hydroxylation sites is 2. The van der Waals surface area contributed by atoms with E-state index in [1.807, 2.05) is 24.3 Å². The highest BCUT2D eigenvalue weighted by Crippen LogP contribution is 2.25. The number of fused-ring (bicyclic) bond motifs is 1. The topological polar surface area (TPSA) is 184 Å². The lowest BCUT2D eigenvalue weighted by Gasteiger charge is -2.27. The average Bonchev–Trinajstić information content (AvgIpc) is 3.14. The second kappa shape index (κ2) is 11.9. The number of primary amides is 1. The van der Waals surface area contributed by atoms with Crippen LogP contribution in [-0.2, 0) is 21.4 Å². The van der Waals surface area contributed by atoms with Gasteiger partial charge in [0, 0.05) is 18.0 Å². The minimum Gasteiger partial charge on any atom is -0.481 e. The van der Waals surface area contributed by atoms with E-state index in [2.05, 4.69) is 5.32 Å². The maximum atomic E-state index is 13.8. The third kappa shape index (κ3) is 6.15. The number of hydrogen-bond acceptors (Lipinski definition) is 7. The van der Waals surface area contributed by atoms with Gasteiger partial charge >= 0.3 is 5.97 Å². The molecule has 0 radical (unpaired) electrons. The molecule has 0 fully saturated rings. The molecule has 0 aliphatic carbocycles. The molecule has 1 heterocycles. The number of carboxylic acids is 1. The number of ether oxygens (including phenoxy) is 1. The van der Waals surface area contributed by atoms with Gasteiger partial charge in [0.2, 0.25) is 11.9 Å². The summed E-state index contributed by atoms with van der Waals surface area (Å²) in [5.41, 5.74) is 13.0. The summed E-state index contributed by atoms with van der Waals surface area (Å²) in [5, 5.41) is 12.7. The summed E-state index contributed by atoms with van der Waals surface area (Å²) >= 11 is 0. The van der Waals surface area contributed by atoms with E-state index < -0.39 is 59.9 Å². The molecular weight excluding hydrogens is 504 g/mol. The van der Waals surface area contributed by atoms with E-state index in [9.17, 15) is 24.0 Å². The van der Waals surface area contributed by atoms with Crippen molar-refractivity contribution in [1.29, 1.82) is 0 Å². The number of nitrogens with zero attached hydrogens (tertiary/aromatic N) is 1. The largest absolute Gasteiger partial charge is 0.481 e. The number of Topliss-reactive ketones (excluding diaryl/α,β-unsaturated/α-hetero) is 2. The van der Waals surface area contributed by atoms with Crippen molar-refractivity contribution < 1.29 is 33.8 Å². The van der Waals surface area contributed by atoms with Crippen molar-refractivity contribution in [1.82, 2.24) is 9.88 Å². The Bertz CT molecular complexity index is 1400. The first-order valence-electron chi connectivity index (χ1n) is 12.3. The van der Waals surface area contributed by atoms with Crippen molar-refractivity contribution in [2.45, 2.75) is 45.4 Å². The molecule has 0 saturated heterocycles. The second-order valence-corrected chi connectivity index (χ2v) is 9.61. The quantitative estimate of drug-likeness (QED) is 0.252. The first kappa shape index (κ1) is 29.1. The Morgan fingerprint density at radius 2 is 1.62 bits per heavy atom. The van der Waals surface area contributed by atoms with Crippen molar-refractivity contribution in [2.24, 2.45) is 24.4 Å². The van der Waals surface area contributed by atoms with E-state index >= 15 is 0 Å². The fraction of sp³-hybridized carbons (Fsp3) is 0.321. The number of benzene rings is 2. The molecule has 3 aromatic rings. The number of rotatable bonds is 12. The number of ketones is 2. The van der Waals surface area contributed by atoms with Crippen LogP contribution in [0.5, 0.6) is 5.75 Å². The maximum Gasteiger partial charge on any atom is 0.305 e. The molecule has 3 atom stereocenters. The van der Waals surface area contributed by atoms with Gasteiger partial charge < -0.3 is 31.2 Å². The average molecular weight is 537 g/mol. The van der Waals surface area contributed by atoms with Gasteiger partial charge in [0.15, 0.2) is 5.78 Å². The van der Waals surface area contributed by atoms with E-state index in [0.717, 1.165) is 10.9 Å². The van der Waals surface area contributed by atoms with Gasteiger partial charge in [-0.25, -0.2) is 0 Å². The van der Waals surface area contributed by atoms with Crippen molar-refractivity contribution in [3.63, 3.8) is 0 Å². The molecule has 3 rings (SSSR count). The molecule has 0 aliphatic rings. The number of amides is 2. The number of hydrogen-bond donors (Lipinski definition) is 4. The molecular formula is C28H32N4O7. The number of carboxylic acid groups (broad SMARTS) is 1. The Kier molecular flexibility index (Phi) is 8.87. The summed E-state index contributed by atoms with van der Waals surface area (Å²) in [6.07, 6.45) is -2.67. The minimum atomic E-state index is -1.92. The van der Waals surface area contributed by atoms with E-state index in [-0.39, 0.29) is 11.3 Å². The molecule has 0 saturated carbocycles.